The number of aromatic amines is 1. The molecule has 0 bridgehead atoms. The Kier molecular flexibility index (Phi) is 6.91. The molecule has 0 aliphatic rings. The molecule has 1 amide bonds. The predicted octanol–water partition coefficient (Wildman–Crippen LogP) is 2.47. The predicted molar refractivity (Wildman–Crippen MR) is 117 cm³/mol. The van der Waals surface area contributed by atoms with Crippen molar-refractivity contribution in [3.8, 4) is 11.5 Å². The van der Waals surface area contributed by atoms with E-state index < -0.39 is 0 Å². The lowest BCUT2D eigenvalue weighted by atomic mass is 10.1. The van der Waals surface area contributed by atoms with Gasteiger partial charge in [0.2, 0.25) is 5.91 Å². The fraction of sp³-hybridized carbons (Fsp3) is 0.238. The molecule has 0 fully saturated rings. The number of hydrazine groups is 1. The van der Waals surface area contributed by atoms with E-state index in [1.54, 1.807) is 14.2 Å². The minimum atomic E-state index is -0.168. The Morgan fingerprint density at radius 2 is 1.86 bits per heavy atom. The number of ether oxygens (including phenoxy) is 2. The number of para-hydroxylation sites is 1. The Bertz CT molecular complexity index is 1000. The molecule has 0 atom stereocenters. The van der Waals surface area contributed by atoms with Crippen LogP contribution in [0, 0.1) is 0 Å². The summed E-state index contributed by atoms with van der Waals surface area (Å²) in [4.78, 5) is 15.3. The van der Waals surface area contributed by atoms with Gasteiger partial charge in [-0.25, -0.2) is 0 Å². The first kappa shape index (κ1) is 20.5. The molecule has 0 unspecified atom stereocenters. The maximum absolute atomic E-state index is 12.2. The van der Waals surface area contributed by atoms with Gasteiger partial charge in [-0.2, -0.15) is 0 Å². The fourth-order valence-corrected chi connectivity index (χ4v) is 3.18. The third-order valence-corrected chi connectivity index (χ3v) is 4.73. The molecular formula is C21H24N4O3S. The minimum Gasteiger partial charge on any atom is -0.493 e. The molecule has 2 aromatic carbocycles. The van der Waals surface area contributed by atoms with Crippen molar-refractivity contribution in [1.29, 1.82) is 0 Å². The number of hydrogen-bond donors (Lipinski definition) is 4. The summed E-state index contributed by atoms with van der Waals surface area (Å²) in [6.45, 7) is 0.611. The molecule has 8 heteroatoms. The van der Waals surface area contributed by atoms with Gasteiger partial charge in [-0.1, -0.05) is 24.3 Å². The molecule has 0 spiro atoms. The monoisotopic (exact) mass is 412 g/mol. The SMILES string of the molecule is COc1ccc(CCNC(=S)NNC(=O)Cc2c[nH]c3ccccc23)cc1OC. The van der Waals surface area contributed by atoms with Crippen LogP contribution in [0.25, 0.3) is 10.9 Å². The van der Waals surface area contributed by atoms with Crippen molar-refractivity contribution in [2.24, 2.45) is 0 Å². The maximum Gasteiger partial charge on any atom is 0.242 e. The Morgan fingerprint density at radius 1 is 1.07 bits per heavy atom. The van der Waals surface area contributed by atoms with Crippen LogP contribution in [0.1, 0.15) is 11.1 Å². The van der Waals surface area contributed by atoms with Crippen molar-refractivity contribution in [2.75, 3.05) is 20.8 Å². The van der Waals surface area contributed by atoms with Crippen LogP contribution in [0.15, 0.2) is 48.7 Å². The molecule has 0 saturated carbocycles. The number of thiocarbonyl (C=S) groups is 1. The normalized spacial score (nSPS) is 10.4. The number of hydrogen-bond acceptors (Lipinski definition) is 4. The largest absolute Gasteiger partial charge is 0.493 e. The average molecular weight is 413 g/mol. The quantitative estimate of drug-likeness (QED) is 0.352. The van der Waals surface area contributed by atoms with Gasteiger partial charge in [0.1, 0.15) is 0 Å². The van der Waals surface area contributed by atoms with Crippen LogP contribution in [0.4, 0.5) is 0 Å². The van der Waals surface area contributed by atoms with E-state index in [1.165, 1.54) is 0 Å². The van der Waals surface area contributed by atoms with Gasteiger partial charge in [-0.3, -0.25) is 15.6 Å². The average Bonchev–Trinajstić information content (AvgIpc) is 3.15. The fourth-order valence-electron chi connectivity index (χ4n) is 3.02. The molecule has 0 radical (unpaired) electrons. The van der Waals surface area contributed by atoms with Crippen molar-refractivity contribution in [2.45, 2.75) is 12.8 Å². The van der Waals surface area contributed by atoms with Gasteiger partial charge in [0.05, 0.1) is 20.6 Å². The van der Waals surface area contributed by atoms with Crippen LogP contribution in [0.3, 0.4) is 0 Å². The Hall–Kier alpha value is -3.26. The third-order valence-electron chi connectivity index (χ3n) is 4.49. The van der Waals surface area contributed by atoms with Gasteiger partial charge in [-0.15, -0.1) is 0 Å². The van der Waals surface area contributed by atoms with E-state index in [2.05, 4.69) is 21.2 Å². The number of rotatable bonds is 7. The number of amides is 1. The molecule has 3 rings (SSSR count). The van der Waals surface area contributed by atoms with Crippen LogP contribution < -0.4 is 25.6 Å². The number of aromatic nitrogens is 1. The lowest BCUT2D eigenvalue weighted by molar-refractivity contribution is -0.120. The number of methoxy groups -OCH3 is 2. The van der Waals surface area contributed by atoms with E-state index >= 15 is 0 Å². The molecule has 4 N–H and O–H groups in total. The summed E-state index contributed by atoms with van der Waals surface area (Å²) in [6.07, 6.45) is 2.85. The van der Waals surface area contributed by atoms with Crippen LogP contribution in [0.5, 0.6) is 11.5 Å². The Balaban J connectivity index is 1.41. The van der Waals surface area contributed by atoms with E-state index in [-0.39, 0.29) is 12.3 Å². The molecule has 0 aliphatic heterocycles. The zero-order valence-corrected chi connectivity index (χ0v) is 17.2. The molecule has 0 aliphatic carbocycles. The second-order valence-corrected chi connectivity index (χ2v) is 6.81. The summed E-state index contributed by atoms with van der Waals surface area (Å²) in [5, 5.41) is 4.47. The molecule has 0 saturated heterocycles. The van der Waals surface area contributed by atoms with E-state index in [1.807, 2.05) is 48.7 Å². The maximum atomic E-state index is 12.2. The zero-order chi connectivity index (χ0) is 20.6. The van der Waals surface area contributed by atoms with Crippen molar-refractivity contribution >= 4 is 34.1 Å². The number of nitrogens with one attached hydrogen (secondary N) is 4. The number of carbonyl (C=O) groups excluding carboxylic acids is 1. The highest BCUT2D eigenvalue weighted by Crippen LogP contribution is 2.27. The van der Waals surface area contributed by atoms with Gasteiger partial charge >= 0.3 is 0 Å². The molecular weight excluding hydrogens is 388 g/mol. The number of carbonyl (C=O) groups is 1. The molecule has 29 heavy (non-hydrogen) atoms. The molecule has 152 valence electrons. The summed E-state index contributed by atoms with van der Waals surface area (Å²) in [7, 11) is 3.22. The van der Waals surface area contributed by atoms with Crippen LogP contribution >= 0.6 is 12.2 Å². The third kappa shape index (κ3) is 5.39. The molecule has 1 heterocycles. The molecule has 3 aromatic rings. The van der Waals surface area contributed by atoms with Crippen molar-refractivity contribution in [3.05, 3.63) is 59.8 Å². The second kappa shape index (κ2) is 9.79. The highest BCUT2D eigenvalue weighted by Gasteiger charge is 2.09. The molecule has 1 aromatic heterocycles. The number of benzene rings is 2. The Morgan fingerprint density at radius 3 is 2.66 bits per heavy atom. The lowest BCUT2D eigenvalue weighted by Crippen LogP contribution is -2.47. The molecule has 7 nitrogen and oxygen atoms in total. The van der Waals surface area contributed by atoms with Gasteiger partial charge < -0.3 is 19.8 Å². The second-order valence-electron chi connectivity index (χ2n) is 6.40. The first-order valence-corrected chi connectivity index (χ1v) is 9.60. The van der Waals surface area contributed by atoms with E-state index in [0.717, 1.165) is 28.5 Å². The topological polar surface area (TPSA) is 87.4 Å². The van der Waals surface area contributed by atoms with Crippen molar-refractivity contribution < 1.29 is 14.3 Å². The first-order valence-electron chi connectivity index (χ1n) is 9.19. The highest BCUT2D eigenvalue weighted by molar-refractivity contribution is 7.80. The Labute approximate surface area is 174 Å². The van der Waals surface area contributed by atoms with Gasteiger partial charge in [0.15, 0.2) is 16.6 Å². The van der Waals surface area contributed by atoms with Crippen LogP contribution in [-0.2, 0) is 17.6 Å². The zero-order valence-electron chi connectivity index (χ0n) is 16.4. The summed E-state index contributed by atoms with van der Waals surface area (Å²) in [6, 6.07) is 13.6. The van der Waals surface area contributed by atoms with E-state index in [9.17, 15) is 4.79 Å². The van der Waals surface area contributed by atoms with Crippen molar-refractivity contribution in [1.82, 2.24) is 21.2 Å². The standard InChI is InChI=1S/C21H24N4O3S/c1-27-18-8-7-14(11-19(18)28-2)9-10-22-21(29)25-24-20(26)12-15-13-23-17-6-4-3-5-16(15)17/h3-8,11,13,23H,9-10,12H2,1-2H3,(H,24,26)(H2,22,25,29). The highest BCUT2D eigenvalue weighted by atomic mass is 32.1. The van der Waals surface area contributed by atoms with Gasteiger partial charge in [0, 0.05) is 23.6 Å². The van der Waals surface area contributed by atoms with Gasteiger partial charge in [-0.05, 0) is 48.0 Å². The number of fused-ring (bicyclic) bond motifs is 1. The van der Waals surface area contributed by atoms with Crippen molar-refractivity contribution in [3.63, 3.8) is 0 Å². The summed E-state index contributed by atoms with van der Waals surface area (Å²) in [5.41, 5.74) is 8.39. The van der Waals surface area contributed by atoms with Gasteiger partial charge in [0.25, 0.3) is 0 Å². The van der Waals surface area contributed by atoms with Crippen LogP contribution in [-0.4, -0.2) is 36.8 Å². The minimum absolute atomic E-state index is 0.168. The van der Waals surface area contributed by atoms with Crippen LogP contribution in [0.2, 0.25) is 0 Å². The number of H-pyrrole nitrogens is 1. The lowest BCUT2D eigenvalue weighted by Gasteiger charge is -2.12. The van der Waals surface area contributed by atoms with E-state index in [0.29, 0.717) is 23.2 Å². The summed E-state index contributed by atoms with van der Waals surface area (Å²) < 4.78 is 10.5. The smallest absolute Gasteiger partial charge is 0.242 e. The van der Waals surface area contributed by atoms with E-state index in [4.69, 9.17) is 21.7 Å². The summed E-state index contributed by atoms with van der Waals surface area (Å²) >= 11 is 5.21. The first-order chi connectivity index (χ1) is 14.1. The summed E-state index contributed by atoms with van der Waals surface area (Å²) in [5.74, 6) is 1.22.